The van der Waals surface area contributed by atoms with Gasteiger partial charge in [-0.2, -0.15) is 13.2 Å². The van der Waals surface area contributed by atoms with Crippen LogP contribution in [0.3, 0.4) is 0 Å². The summed E-state index contributed by atoms with van der Waals surface area (Å²) in [7, 11) is 0. The van der Waals surface area contributed by atoms with Gasteiger partial charge in [0, 0.05) is 6.54 Å². The molecule has 0 aliphatic carbocycles. The maximum absolute atomic E-state index is 11.8. The lowest BCUT2D eigenvalue weighted by molar-refractivity contribution is -0.122. The van der Waals surface area contributed by atoms with E-state index in [1.165, 1.54) is 0 Å². The van der Waals surface area contributed by atoms with Crippen LogP contribution in [0.25, 0.3) is 0 Å². The van der Waals surface area contributed by atoms with Gasteiger partial charge in [0.1, 0.15) is 6.54 Å². The minimum absolute atomic E-state index is 0.413. The molecule has 100 valence electrons. The summed E-state index contributed by atoms with van der Waals surface area (Å²) in [5.74, 6) is 0.506. The Bertz CT molecular complexity index is 239. The lowest BCUT2D eigenvalue weighted by Gasteiger charge is -2.22. The number of carbonyl (C=O) groups excluding carboxylic acids is 1. The molecule has 1 atom stereocenters. The number of alkyl halides is 3. The molecule has 0 saturated carbocycles. The third-order valence-electron chi connectivity index (χ3n) is 2.69. The molecule has 1 saturated heterocycles. The van der Waals surface area contributed by atoms with Gasteiger partial charge in [-0.1, -0.05) is 0 Å². The van der Waals surface area contributed by atoms with E-state index < -0.39 is 18.8 Å². The van der Waals surface area contributed by atoms with E-state index in [1.54, 1.807) is 5.32 Å². The number of rotatable bonds is 4. The first-order chi connectivity index (χ1) is 7.97. The Hall–Kier alpha value is -0.980. The van der Waals surface area contributed by atoms with Gasteiger partial charge in [0.05, 0.1) is 0 Å². The Balaban J connectivity index is 2.03. The molecule has 0 bridgehead atoms. The zero-order valence-corrected chi connectivity index (χ0v) is 9.57. The number of hydrogen-bond acceptors (Lipinski definition) is 2. The Labute approximate surface area is 98.3 Å². The van der Waals surface area contributed by atoms with Gasteiger partial charge in [-0.05, 0) is 38.3 Å². The van der Waals surface area contributed by atoms with Gasteiger partial charge in [0.2, 0.25) is 0 Å². The van der Waals surface area contributed by atoms with Gasteiger partial charge in [-0.3, -0.25) is 0 Å². The molecule has 1 fully saturated rings. The van der Waals surface area contributed by atoms with Crippen LogP contribution in [0, 0.1) is 5.92 Å². The van der Waals surface area contributed by atoms with Crippen molar-refractivity contribution in [3.05, 3.63) is 0 Å². The summed E-state index contributed by atoms with van der Waals surface area (Å²) in [6.45, 7) is 1.07. The summed E-state index contributed by atoms with van der Waals surface area (Å²) in [4.78, 5) is 11.0. The van der Waals surface area contributed by atoms with Crippen LogP contribution in [-0.2, 0) is 0 Å². The maximum Gasteiger partial charge on any atom is 0.405 e. The van der Waals surface area contributed by atoms with Crippen molar-refractivity contribution in [2.24, 2.45) is 5.92 Å². The van der Waals surface area contributed by atoms with Gasteiger partial charge in [0.15, 0.2) is 0 Å². The fourth-order valence-electron chi connectivity index (χ4n) is 1.80. The molecule has 1 unspecified atom stereocenters. The van der Waals surface area contributed by atoms with Crippen molar-refractivity contribution in [2.45, 2.75) is 25.4 Å². The molecule has 0 radical (unpaired) electrons. The summed E-state index contributed by atoms with van der Waals surface area (Å²) in [6.07, 6.45) is -1.33. The van der Waals surface area contributed by atoms with Crippen molar-refractivity contribution >= 4 is 6.03 Å². The molecule has 2 amide bonds. The summed E-state index contributed by atoms with van der Waals surface area (Å²) in [5, 5.41) is 7.44. The normalized spacial score (nSPS) is 21.0. The molecule has 1 aliphatic rings. The molecule has 0 aromatic carbocycles. The lowest BCUT2D eigenvalue weighted by Crippen LogP contribution is -2.42. The highest BCUT2D eigenvalue weighted by atomic mass is 19.4. The van der Waals surface area contributed by atoms with Gasteiger partial charge in [-0.25, -0.2) is 4.79 Å². The van der Waals surface area contributed by atoms with E-state index in [0.29, 0.717) is 12.5 Å². The lowest BCUT2D eigenvalue weighted by atomic mass is 9.96. The summed E-state index contributed by atoms with van der Waals surface area (Å²) in [5.41, 5.74) is 0. The molecule has 0 spiro atoms. The second-order valence-electron chi connectivity index (χ2n) is 4.23. The number of piperidine rings is 1. The van der Waals surface area contributed by atoms with E-state index in [1.807, 2.05) is 0 Å². The third kappa shape index (κ3) is 7.04. The third-order valence-corrected chi connectivity index (χ3v) is 2.69. The monoisotopic (exact) mass is 253 g/mol. The average Bonchev–Trinajstić information content (AvgIpc) is 2.27. The Morgan fingerprint density at radius 1 is 1.35 bits per heavy atom. The van der Waals surface area contributed by atoms with Crippen LogP contribution in [0.15, 0.2) is 0 Å². The molecule has 3 N–H and O–H groups in total. The van der Waals surface area contributed by atoms with E-state index in [4.69, 9.17) is 0 Å². The first-order valence-corrected chi connectivity index (χ1v) is 5.76. The van der Waals surface area contributed by atoms with Crippen LogP contribution < -0.4 is 16.0 Å². The van der Waals surface area contributed by atoms with E-state index >= 15 is 0 Å². The number of carbonyl (C=O) groups is 1. The summed E-state index contributed by atoms with van der Waals surface area (Å²) < 4.78 is 35.3. The van der Waals surface area contributed by atoms with Gasteiger partial charge >= 0.3 is 12.2 Å². The maximum atomic E-state index is 11.8. The Kier molecular flexibility index (Phi) is 5.54. The topological polar surface area (TPSA) is 53.2 Å². The van der Waals surface area contributed by atoms with Crippen LogP contribution in [-0.4, -0.2) is 38.4 Å². The second kappa shape index (κ2) is 6.68. The highest BCUT2D eigenvalue weighted by Crippen LogP contribution is 2.13. The van der Waals surface area contributed by atoms with Gasteiger partial charge < -0.3 is 16.0 Å². The van der Waals surface area contributed by atoms with E-state index in [-0.39, 0.29) is 0 Å². The van der Waals surface area contributed by atoms with Gasteiger partial charge in [0.25, 0.3) is 0 Å². The number of urea groups is 1. The molecule has 17 heavy (non-hydrogen) atoms. The van der Waals surface area contributed by atoms with E-state index in [9.17, 15) is 18.0 Å². The summed E-state index contributed by atoms with van der Waals surface area (Å²) in [6, 6.07) is -0.758. The predicted octanol–water partition coefficient (Wildman–Crippen LogP) is 1.24. The quantitative estimate of drug-likeness (QED) is 0.706. The largest absolute Gasteiger partial charge is 0.405 e. The number of halogens is 3. The molecule has 0 aromatic rings. The van der Waals surface area contributed by atoms with Gasteiger partial charge in [-0.15, -0.1) is 0 Å². The van der Waals surface area contributed by atoms with Crippen molar-refractivity contribution in [1.82, 2.24) is 16.0 Å². The van der Waals surface area contributed by atoms with Crippen LogP contribution in [0.1, 0.15) is 19.3 Å². The first kappa shape index (κ1) is 14.1. The average molecular weight is 253 g/mol. The molecule has 1 rings (SSSR count). The van der Waals surface area contributed by atoms with Crippen LogP contribution >= 0.6 is 0 Å². The minimum Gasteiger partial charge on any atom is -0.338 e. The zero-order chi connectivity index (χ0) is 12.7. The smallest absolute Gasteiger partial charge is 0.338 e. The fraction of sp³-hybridized carbons (Fsp3) is 0.900. The molecule has 4 nitrogen and oxygen atoms in total. The summed E-state index contributed by atoms with van der Waals surface area (Å²) >= 11 is 0. The molecule has 0 aromatic heterocycles. The standard InChI is InChI=1S/C10H18F3N3O/c11-10(12,13)7-16-9(17)15-5-3-8-2-1-4-14-6-8/h8,14H,1-7H2,(H2,15,16,17). The van der Waals surface area contributed by atoms with Crippen molar-refractivity contribution in [2.75, 3.05) is 26.2 Å². The van der Waals surface area contributed by atoms with Crippen molar-refractivity contribution in [1.29, 1.82) is 0 Å². The number of hydrogen-bond donors (Lipinski definition) is 3. The van der Waals surface area contributed by atoms with Crippen LogP contribution in [0.4, 0.5) is 18.0 Å². The zero-order valence-electron chi connectivity index (χ0n) is 9.57. The molecule has 7 heteroatoms. The molecular formula is C10H18F3N3O. The number of amides is 2. The molecule has 1 aliphatic heterocycles. The Morgan fingerprint density at radius 2 is 2.12 bits per heavy atom. The van der Waals surface area contributed by atoms with Crippen LogP contribution in [0.5, 0.6) is 0 Å². The first-order valence-electron chi connectivity index (χ1n) is 5.76. The molecular weight excluding hydrogens is 235 g/mol. The number of nitrogens with one attached hydrogen (secondary N) is 3. The van der Waals surface area contributed by atoms with Crippen molar-refractivity contribution in [3.8, 4) is 0 Å². The Morgan fingerprint density at radius 3 is 2.71 bits per heavy atom. The van der Waals surface area contributed by atoms with E-state index in [0.717, 1.165) is 32.4 Å². The second-order valence-corrected chi connectivity index (χ2v) is 4.23. The molecule has 1 heterocycles. The van der Waals surface area contributed by atoms with Crippen LogP contribution in [0.2, 0.25) is 0 Å². The fourth-order valence-corrected chi connectivity index (χ4v) is 1.80. The van der Waals surface area contributed by atoms with Crippen molar-refractivity contribution in [3.63, 3.8) is 0 Å². The SMILES string of the molecule is O=C(NCCC1CCCNC1)NCC(F)(F)F. The minimum atomic E-state index is -4.36. The van der Waals surface area contributed by atoms with Crippen molar-refractivity contribution < 1.29 is 18.0 Å². The predicted molar refractivity (Wildman–Crippen MR) is 57.7 cm³/mol. The highest BCUT2D eigenvalue weighted by molar-refractivity contribution is 5.73. The highest BCUT2D eigenvalue weighted by Gasteiger charge is 2.27. The van der Waals surface area contributed by atoms with E-state index in [2.05, 4.69) is 10.6 Å².